The molecule has 0 unspecified atom stereocenters. The Morgan fingerprint density at radius 3 is 2.38 bits per heavy atom. The van der Waals surface area contributed by atoms with E-state index in [1.54, 1.807) is 0 Å². The molecule has 1 N–H and O–H groups in total. The van der Waals surface area contributed by atoms with Gasteiger partial charge in [-0.15, -0.1) is 0 Å². The molecule has 2 nitrogen and oxygen atoms in total. The van der Waals surface area contributed by atoms with Crippen molar-refractivity contribution in [2.45, 2.75) is 13.5 Å². The number of rotatable bonds is 5. The van der Waals surface area contributed by atoms with Gasteiger partial charge in [0.25, 0.3) is 0 Å². The number of benzene rings is 2. The van der Waals surface area contributed by atoms with E-state index in [2.05, 4.69) is 37.2 Å². The van der Waals surface area contributed by atoms with Gasteiger partial charge in [-0.2, -0.15) is 0 Å². The largest absolute Gasteiger partial charge is 0.492 e. The lowest BCUT2D eigenvalue weighted by Gasteiger charge is -2.12. The standard InChI is InChI=1S/C15H13Br2F2NO/c1-2-21-15-11(16)5-9(6-12(15)17)8-20-14-7-10(18)3-4-13(14)19/h3-7,20H,2,8H2,1H3. The summed E-state index contributed by atoms with van der Waals surface area (Å²) in [5.74, 6) is -0.244. The Hall–Kier alpha value is -1.14. The molecule has 0 aromatic heterocycles. The van der Waals surface area contributed by atoms with E-state index in [1.807, 2.05) is 19.1 Å². The van der Waals surface area contributed by atoms with Gasteiger partial charge in [-0.25, -0.2) is 8.78 Å². The lowest BCUT2D eigenvalue weighted by molar-refractivity contribution is 0.336. The van der Waals surface area contributed by atoms with Crippen molar-refractivity contribution in [2.75, 3.05) is 11.9 Å². The van der Waals surface area contributed by atoms with E-state index < -0.39 is 11.6 Å². The predicted octanol–water partition coefficient (Wildman–Crippen LogP) is 5.50. The highest BCUT2D eigenvalue weighted by Crippen LogP contribution is 2.35. The summed E-state index contributed by atoms with van der Waals surface area (Å²) in [4.78, 5) is 0. The van der Waals surface area contributed by atoms with Crippen molar-refractivity contribution in [1.82, 2.24) is 0 Å². The van der Waals surface area contributed by atoms with Gasteiger partial charge < -0.3 is 10.1 Å². The van der Waals surface area contributed by atoms with Crippen LogP contribution in [0.25, 0.3) is 0 Å². The molecule has 0 saturated heterocycles. The molecule has 0 aliphatic heterocycles. The highest BCUT2D eigenvalue weighted by Gasteiger charge is 2.09. The van der Waals surface area contributed by atoms with Crippen LogP contribution in [0.2, 0.25) is 0 Å². The third kappa shape index (κ3) is 4.17. The molecule has 0 amide bonds. The number of nitrogens with one attached hydrogen (secondary N) is 1. The van der Waals surface area contributed by atoms with Crippen LogP contribution in [0.4, 0.5) is 14.5 Å². The van der Waals surface area contributed by atoms with Crippen LogP contribution >= 0.6 is 31.9 Å². The summed E-state index contributed by atoms with van der Waals surface area (Å²) in [5.41, 5.74) is 1.04. The van der Waals surface area contributed by atoms with Crippen LogP contribution in [0, 0.1) is 11.6 Å². The summed E-state index contributed by atoms with van der Waals surface area (Å²) in [6, 6.07) is 7.07. The lowest BCUT2D eigenvalue weighted by atomic mass is 10.2. The van der Waals surface area contributed by atoms with Crippen LogP contribution in [0.3, 0.4) is 0 Å². The molecule has 0 atom stereocenters. The van der Waals surface area contributed by atoms with Gasteiger partial charge in [0.05, 0.1) is 21.2 Å². The topological polar surface area (TPSA) is 21.3 Å². The first-order valence-corrected chi connectivity index (χ1v) is 7.89. The van der Waals surface area contributed by atoms with Crippen molar-refractivity contribution < 1.29 is 13.5 Å². The van der Waals surface area contributed by atoms with Crippen molar-refractivity contribution in [3.63, 3.8) is 0 Å². The maximum Gasteiger partial charge on any atom is 0.147 e. The van der Waals surface area contributed by atoms with Gasteiger partial charge in [-0.05, 0) is 74.7 Å². The fourth-order valence-electron chi connectivity index (χ4n) is 1.83. The Morgan fingerprint density at radius 1 is 1.10 bits per heavy atom. The van der Waals surface area contributed by atoms with E-state index in [4.69, 9.17) is 4.74 Å². The van der Waals surface area contributed by atoms with Crippen molar-refractivity contribution in [2.24, 2.45) is 0 Å². The second-order valence-electron chi connectivity index (χ2n) is 4.30. The molecule has 112 valence electrons. The summed E-state index contributed by atoms with van der Waals surface area (Å²) in [5, 5.41) is 2.88. The first-order chi connectivity index (χ1) is 10.0. The summed E-state index contributed by atoms with van der Waals surface area (Å²) in [6.45, 7) is 2.83. The molecule has 0 radical (unpaired) electrons. The average Bonchev–Trinajstić information content (AvgIpc) is 2.44. The molecular formula is C15H13Br2F2NO. The van der Waals surface area contributed by atoms with Gasteiger partial charge in [0.2, 0.25) is 0 Å². The molecule has 2 rings (SSSR count). The molecule has 0 fully saturated rings. The van der Waals surface area contributed by atoms with Crippen LogP contribution in [0.5, 0.6) is 5.75 Å². The van der Waals surface area contributed by atoms with Crippen LogP contribution in [-0.4, -0.2) is 6.61 Å². The van der Waals surface area contributed by atoms with Gasteiger partial charge in [0, 0.05) is 6.54 Å². The third-order valence-electron chi connectivity index (χ3n) is 2.76. The van der Waals surface area contributed by atoms with Crippen molar-refractivity contribution in [3.8, 4) is 5.75 Å². The second-order valence-corrected chi connectivity index (χ2v) is 6.01. The maximum atomic E-state index is 13.5. The van der Waals surface area contributed by atoms with E-state index in [0.29, 0.717) is 13.2 Å². The fraction of sp³-hybridized carbons (Fsp3) is 0.200. The molecule has 6 heteroatoms. The van der Waals surface area contributed by atoms with Crippen LogP contribution in [0.1, 0.15) is 12.5 Å². The number of ether oxygens (including phenoxy) is 1. The van der Waals surface area contributed by atoms with Gasteiger partial charge in [-0.3, -0.25) is 0 Å². The van der Waals surface area contributed by atoms with Crippen molar-refractivity contribution in [3.05, 3.63) is 56.5 Å². The molecule has 21 heavy (non-hydrogen) atoms. The molecule has 2 aromatic carbocycles. The molecule has 2 aromatic rings. The molecular weight excluding hydrogens is 408 g/mol. The van der Waals surface area contributed by atoms with E-state index in [-0.39, 0.29) is 5.69 Å². The summed E-state index contributed by atoms with van der Waals surface area (Å²) >= 11 is 6.87. The summed E-state index contributed by atoms with van der Waals surface area (Å²) in [7, 11) is 0. The first kappa shape index (κ1) is 16.2. The third-order valence-corrected chi connectivity index (χ3v) is 3.94. The SMILES string of the molecule is CCOc1c(Br)cc(CNc2cc(F)ccc2F)cc1Br. The minimum absolute atomic E-state index is 0.135. The zero-order valence-corrected chi connectivity index (χ0v) is 14.4. The fourth-order valence-corrected chi connectivity index (χ4v) is 3.34. The Kier molecular flexibility index (Phi) is 5.58. The van der Waals surface area contributed by atoms with Gasteiger partial charge in [-0.1, -0.05) is 0 Å². The van der Waals surface area contributed by atoms with Gasteiger partial charge in [0.15, 0.2) is 0 Å². The number of anilines is 1. The van der Waals surface area contributed by atoms with Crippen LogP contribution in [-0.2, 0) is 6.54 Å². The molecule has 0 spiro atoms. The maximum absolute atomic E-state index is 13.5. The molecule has 0 heterocycles. The smallest absolute Gasteiger partial charge is 0.147 e. The Bertz CT molecular complexity index is 627. The second kappa shape index (κ2) is 7.22. The monoisotopic (exact) mass is 419 g/mol. The quantitative estimate of drug-likeness (QED) is 0.689. The molecule has 0 aliphatic carbocycles. The minimum Gasteiger partial charge on any atom is -0.492 e. The van der Waals surface area contributed by atoms with Crippen molar-refractivity contribution >= 4 is 37.5 Å². The van der Waals surface area contributed by atoms with Gasteiger partial charge >= 0.3 is 0 Å². The Morgan fingerprint density at radius 2 is 1.76 bits per heavy atom. The molecule has 0 saturated carbocycles. The number of hydrogen-bond acceptors (Lipinski definition) is 2. The van der Waals surface area contributed by atoms with E-state index in [1.165, 1.54) is 0 Å². The van der Waals surface area contributed by atoms with E-state index in [0.717, 1.165) is 38.5 Å². The normalized spacial score (nSPS) is 10.5. The lowest BCUT2D eigenvalue weighted by Crippen LogP contribution is -2.03. The van der Waals surface area contributed by atoms with Crippen LogP contribution < -0.4 is 10.1 Å². The van der Waals surface area contributed by atoms with E-state index >= 15 is 0 Å². The highest BCUT2D eigenvalue weighted by atomic mass is 79.9. The zero-order valence-electron chi connectivity index (χ0n) is 11.2. The van der Waals surface area contributed by atoms with Gasteiger partial charge in [0.1, 0.15) is 17.4 Å². The predicted molar refractivity (Wildman–Crippen MR) is 86.7 cm³/mol. The Labute approximate surface area is 138 Å². The highest BCUT2D eigenvalue weighted by molar-refractivity contribution is 9.11. The first-order valence-electron chi connectivity index (χ1n) is 6.31. The average molecular weight is 421 g/mol. The number of halogens is 4. The minimum atomic E-state index is -0.486. The number of hydrogen-bond donors (Lipinski definition) is 1. The Balaban J connectivity index is 2.15. The van der Waals surface area contributed by atoms with E-state index in [9.17, 15) is 8.78 Å². The summed E-state index contributed by atoms with van der Waals surface area (Å²) in [6.07, 6.45) is 0. The van der Waals surface area contributed by atoms with Crippen molar-refractivity contribution in [1.29, 1.82) is 0 Å². The molecule has 0 bridgehead atoms. The van der Waals surface area contributed by atoms with Crippen LogP contribution in [0.15, 0.2) is 39.3 Å². The summed E-state index contributed by atoms with van der Waals surface area (Å²) < 4.78 is 33.7. The molecule has 0 aliphatic rings. The zero-order chi connectivity index (χ0) is 15.4.